The van der Waals surface area contributed by atoms with E-state index in [9.17, 15) is 0 Å². The summed E-state index contributed by atoms with van der Waals surface area (Å²) in [5.41, 5.74) is 0. The lowest BCUT2D eigenvalue weighted by molar-refractivity contribution is 0.174. The van der Waals surface area contributed by atoms with Gasteiger partial charge in [-0.2, -0.15) is 0 Å². The highest BCUT2D eigenvalue weighted by atomic mass is 16.3. The molecule has 0 amide bonds. The summed E-state index contributed by atoms with van der Waals surface area (Å²) in [5.74, 6) is 0. The summed E-state index contributed by atoms with van der Waals surface area (Å²) >= 11 is 0. The molecule has 0 aliphatic carbocycles. The van der Waals surface area contributed by atoms with Gasteiger partial charge in [-0.1, -0.05) is 6.42 Å². The molecule has 0 aromatic heterocycles. The second-order valence-electron chi connectivity index (χ2n) is 4.25. The zero-order chi connectivity index (χ0) is 9.52. The first-order valence-electron chi connectivity index (χ1n) is 5.69. The second-order valence-corrected chi connectivity index (χ2v) is 4.25. The van der Waals surface area contributed by atoms with Gasteiger partial charge < -0.3 is 10.0 Å². The molecule has 0 spiro atoms. The molecule has 0 bridgehead atoms. The molecule has 2 heteroatoms. The number of unbranched alkanes of at least 4 members (excludes halogenated alkanes) is 1. The van der Waals surface area contributed by atoms with E-state index in [4.69, 9.17) is 5.11 Å². The van der Waals surface area contributed by atoms with E-state index < -0.39 is 0 Å². The van der Waals surface area contributed by atoms with Crippen LogP contribution in [0.3, 0.4) is 0 Å². The zero-order valence-corrected chi connectivity index (χ0v) is 8.84. The maximum absolute atomic E-state index is 9.08. The first-order chi connectivity index (χ1) is 6.29. The highest BCUT2D eigenvalue weighted by molar-refractivity contribution is 4.64. The molecule has 1 heterocycles. The maximum atomic E-state index is 9.08. The van der Waals surface area contributed by atoms with Crippen molar-refractivity contribution in [2.24, 2.45) is 0 Å². The molecular weight excluding hydrogens is 162 g/mol. The van der Waals surface area contributed by atoms with Crippen molar-refractivity contribution in [2.75, 3.05) is 19.6 Å². The number of rotatable bonds is 5. The van der Waals surface area contributed by atoms with Gasteiger partial charge in [-0.25, -0.2) is 0 Å². The van der Waals surface area contributed by atoms with Crippen molar-refractivity contribution in [1.82, 2.24) is 4.90 Å². The van der Waals surface area contributed by atoms with Crippen LogP contribution in [0.15, 0.2) is 0 Å². The van der Waals surface area contributed by atoms with Crippen LogP contribution in [0.1, 0.15) is 45.4 Å². The number of aliphatic hydroxyl groups excluding tert-OH is 1. The minimum Gasteiger partial charge on any atom is -0.393 e. The molecule has 78 valence electrons. The fourth-order valence-electron chi connectivity index (χ4n) is 1.96. The van der Waals surface area contributed by atoms with E-state index in [1.165, 1.54) is 51.7 Å². The van der Waals surface area contributed by atoms with Gasteiger partial charge in [-0.3, -0.25) is 0 Å². The molecule has 1 rings (SSSR count). The van der Waals surface area contributed by atoms with E-state index in [0.29, 0.717) is 0 Å². The van der Waals surface area contributed by atoms with E-state index in [0.717, 1.165) is 6.42 Å². The quantitative estimate of drug-likeness (QED) is 0.662. The predicted molar refractivity (Wildman–Crippen MR) is 55.8 cm³/mol. The Kier molecular flexibility index (Phi) is 5.40. The van der Waals surface area contributed by atoms with Crippen molar-refractivity contribution in [3.63, 3.8) is 0 Å². The Morgan fingerprint density at radius 3 is 2.46 bits per heavy atom. The van der Waals surface area contributed by atoms with Crippen molar-refractivity contribution < 1.29 is 5.11 Å². The van der Waals surface area contributed by atoms with E-state index >= 15 is 0 Å². The van der Waals surface area contributed by atoms with Gasteiger partial charge in [-0.05, 0) is 58.7 Å². The summed E-state index contributed by atoms with van der Waals surface area (Å²) < 4.78 is 0. The van der Waals surface area contributed by atoms with Gasteiger partial charge in [0.05, 0.1) is 6.10 Å². The van der Waals surface area contributed by atoms with Gasteiger partial charge >= 0.3 is 0 Å². The summed E-state index contributed by atoms with van der Waals surface area (Å²) in [6, 6.07) is 0. The highest BCUT2D eigenvalue weighted by Gasteiger charge is 2.08. The van der Waals surface area contributed by atoms with Crippen molar-refractivity contribution in [3.8, 4) is 0 Å². The van der Waals surface area contributed by atoms with Gasteiger partial charge in [0, 0.05) is 0 Å². The Morgan fingerprint density at radius 1 is 1.15 bits per heavy atom. The summed E-state index contributed by atoms with van der Waals surface area (Å²) in [4.78, 5) is 2.56. The Bertz CT molecular complexity index is 119. The number of piperidine rings is 1. The molecule has 1 atom stereocenters. The van der Waals surface area contributed by atoms with Crippen LogP contribution in [-0.2, 0) is 0 Å². The number of nitrogens with zero attached hydrogens (tertiary/aromatic N) is 1. The van der Waals surface area contributed by atoms with Crippen LogP contribution in [-0.4, -0.2) is 35.7 Å². The normalized spacial score (nSPS) is 21.7. The lowest BCUT2D eigenvalue weighted by Gasteiger charge is -2.26. The maximum Gasteiger partial charge on any atom is 0.0512 e. The summed E-state index contributed by atoms with van der Waals surface area (Å²) in [5, 5.41) is 9.08. The first-order valence-corrected chi connectivity index (χ1v) is 5.69. The number of hydrogen-bond acceptors (Lipinski definition) is 2. The van der Waals surface area contributed by atoms with Gasteiger partial charge in [0.25, 0.3) is 0 Å². The zero-order valence-electron chi connectivity index (χ0n) is 8.84. The van der Waals surface area contributed by atoms with Crippen LogP contribution < -0.4 is 0 Å². The molecule has 1 N–H and O–H groups in total. The third-order valence-electron chi connectivity index (χ3n) is 2.79. The van der Waals surface area contributed by atoms with Crippen LogP contribution in [0.5, 0.6) is 0 Å². The number of likely N-dealkylation sites (tertiary alicyclic amines) is 1. The minimum atomic E-state index is -0.110. The van der Waals surface area contributed by atoms with Crippen LogP contribution in [0.2, 0.25) is 0 Å². The highest BCUT2D eigenvalue weighted by Crippen LogP contribution is 2.10. The van der Waals surface area contributed by atoms with Crippen molar-refractivity contribution >= 4 is 0 Å². The van der Waals surface area contributed by atoms with E-state index in [2.05, 4.69) is 4.90 Å². The fraction of sp³-hybridized carbons (Fsp3) is 1.00. The Balaban J connectivity index is 1.92. The Hall–Kier alpha value is -0.0800. The average Bonchev–Trinajstić information content (AvgIpc) is 2.14. The molecule has 0 saturated carbocycles. The second kappa shape index (κ2) is 6.39. The molecule has 0 radical (unpaired) electrons. The van der Waals surface area contributed by atoms with Gasteiger partial charge in [-0.15, -0.1) is 0 Å². The molecule has 0 aromatic carbocycles. The predicted octanol–water partition coefficient (Wildman–Crippen LogP) is 2.02. The summed E-state index contributed by atoms with van der Waals surface area (Å²) in [6.07, 6.45) is 7.48. The molecule has 2 nitrogen and oxygen atoms in total. The van der Waals surface area contributed by atoms with Gasteiger partial charge in [0.2, 0.25) is 0 Å². The Morgan fingerprint density at radius 2 is 1.85 bits per heavy atom. The van der Waals surface area contributed by atoms with Crippen LogP contribution >= 0.6 is 0 Å². The molecule has 1 aliphatic rings. The average molecular weight is 185 g/mol. The first kappa shape index (κ1) is 11.0. The summed E-state index contributed by atoms with van der Waals surface area (Å²) in [6.45, 7) is 5.72. The molecule has 1 unspecified atom stereocenters. The molecule has 1 fully saturated rings. The topological polar surface area (TPSA) is 23.5 Å². The van der Waals surface area contributed by atoms with E-state index in [1.54, 1.807) is 0 Å². The third kappa shape index (κ3) is 5.27. The fourth-order valence-corrected chi connectivity index (χ4v) is 1.96. The lowest BCUT2D eigenvalue weighted by atomic mass is 10.1. The largest absolute Gasteiger partial charge is 0.393 e. The summed E-state index contributed by atoms with van der Waals surface area (Å²) in [7, 11) is 0. The lowest BCUT2D eigenvalue weighted by Crippen LogP contribution is -2.30. The third-order valence-corrected chi connectivity index (χ3v) is 2.79. The van der Waals surface area contributed by atoms with Gasteiger partial charge in [0.1, 0.15) is 0 Å². The van der Waals surface area contributed by atoms with Crippen molar-refractivity contribution in [2.45, 2.75) is 51.6 Å². The van der Waals surface area contributed by atoms with E-state index in [1.807, 2.05) is 6.92 Å². The molecule has 1 aliphatic heterocycles. The molecule has 13 heavy (non-hydrogen) atoms. The SMILES string of the molecule is CC(O)CCCCN1CCCCC1. The molecule has 1 saturated heterocycles. The van der Waals surface area contributed by atoms with Gasteiger partial charge in [0.15, 0.2) is 0 Å². The number of hydrogen-bond donors (Lipinski definition) is 1. The molecular formula is C11H23NO. The standard InChI is InChI=1S/C11H23NO/c1-11(13)7-3-6-10-12-8-4-2-5-9-12/h11,13H,2-10H2,1H3. The smallest absolute Gasteiger partial charge is 0.0512 e. The molecule has 0 aromatic rings. The minimum absolute atomic E-state index is 0.110. The van der Waals surface area contributed by atoms with Crippen molar-refractivity contribution in [3.05, 3.63) is 0 Å². The van der Waals surface area contributed by atoms with Crippen LogP contribution in [0, 0.1) is 0 Å². The number of aliphatic hydroxyl groups is 1. The Labute approximate surface area is 81.9 Å². The van der Waals surface area contributed by atoms with E-state index in [-0.39, 0.29) is 6.10 Å². The monoisotopic (exact) mass is 185 g/mol. The van der Waals surface area contributed by atoms with Crippen LogP contribution in [0.25, 0.3) is 0 Å². The van der Waals surface area contributed by atoms with Crippen LogP contribution in [0.4, 0.5) is 0 Å². The van der Waals surface area contributed by atoms with Crippen molar-refractivity contribution in [1.29, 1.82) is 0 Å².